The summed E-state index contributed by atoms with van der Waals surface area (Å²) in [4.78, 5) is 20.0. The lowest BCUT2D eigenvalue weighted by molar-refractivity contribution is 0.0694. The van der Waals surface area contributed by atoms with Gasteiger partial charge >= 0.3 is 5.97 Å². The Balaban J connectivity index is 2.31. The van der Waals surface area contributed by atoms with Crippen LogP contribution in [0.15, 0.2) is 6.20 Å². The number of carbonyl (C=O) groups is 1. The van der Waals surface area contributed by atoms with Crippen LogP contribution in [-0.2, 0) is 6.42 Å². The van der Waals surface area contributed by atoms with Crippen molar-refractivity contribution < 1.29 is 9.90 Å². The Bertz CT molecular complexity index is 468. The predicted octanol–water partition coefficient (Wildman–Crippen LogP) is 3.04. The Morgan fingerprint density at radius 3 is 2.84 bits per heavy atom. The van der Waals surface area contributed by atoms with Gasteiger partial charge in [-0.3, -0.25) is 0 Å². The molecule has 1 aliphatic heterocycles. The van der Waals surface area contributed by atoms with Gasteiger partial charge in [0.1, 0.15) is 5.82 Å². The minimum absolute atomic E-state index is 0.242. The fraction of sp³-hybridized carbons (Fsp3) is 0.615. The van der Waals surface area contributed by atoms with E-state index in [2.05, 4.69) is 16.9 Å². The zero-order chi connectivity index (χ0) is 13.8. The van der Waals surface area contributed by atoms with Crippen LogP contribution in [0.2, 0.25) is 0 Å². The molecule has 2 rings (SSSR count). The highest BCUT2D eigenvalue weighted by atomic mass is 32.2. The number of nitrogens with zero attached hydrogens (tertiary/aromatic N) is 2. The van der Waals surface area contributed by atoms with E-state index in [-0.39, 0.29) is 10.8 Å². The first-order valence-electron chi connectivity index (χ1n) is 6.45. The molecule has 0 aliphatic carbocycles. The molecule has 1 aliphatic rings. The quantitative estimate of drug-likeness (QED) is 0.922. The maximum atomic E-state index is 11.2. The molecular formula is C13H18N2O2S2. The summed E-state index contributed by atoms with van der Waals surface area (Å²) in [5.74, 6) is 2.12. The number of aromatic carboxylic acids is 1. The summed E-state index contributed by atoms with van der Waals surface area (Å²) < 4.78 is 0. The monoisotopic (exact) mass is 298 g/mol. The van der Waals surface area contributed by atoms with E-state index in [1.54, 1.807) is 0 Å². The van der Waals surface area contributed by atoms with Crippen molar-refractivity contribution in [2.24, 2.45) is 0 Å². The zero-order valence-electron chi connectivity index (χ0n) is 11.1. The van der Waals surface area contributed by atoms with Crippen LogP contribution in [0, 0.1) is 0 Å². The molecule has 0 bridgehead atoms. The number of aromatic nitrogens is 2. The predicted molar refractivity (Wildman–Crippen MR) is 80.1 cm³/mol. The van der Waals surface area contributed by atoms with Crippen LogP contribution in [0.5, 0.6) is 0 Å². The standard InChI is InChI=1S/C13H18N2O2S2/c1-3-4-10-9(13(16)17)7-14-12(15-10)11-8(2)18-5-6-19-11/h7-8,11H,3-6H2,1-2H3,(H,16,17). The third-order valence-corrected chi connectivity index (χ3v) is 6.13. The molecule has 19 heavy (non-hydrogen) atoms. The fourth-order valence-electron chi connectivity index (χ4n) is 2.09. The van der Waals surface area contributed by atoms with Crippen molar-refractivity contribution in [2.45, 2.75) is 37.2 Å². The van der Waals surface area contributed by atoms with Gasteiger partial charge in [0.25, 0.3) is 0 Å². The van der Waals surface area contributed by atoms with Gasteiger partial charge in [0, 0.05) is 23.0 Å². The molecule has 1 N–H and O–H groups in total. The van der Waals surface area contributed by atoms with Gasteiger partial charge in [-0.1, -0.05) is 20.3 Å². The van der Waals surface area contributed by atoms with Crippen molar-refractivity contribution in [3.05, 3.63) is 23.3 Å². The molecule has 104 valence electrons. The van der Waals surface area contributed by atoms with Crippen molar-refractivity contribution >= 4 is 29.5 Å². The average molecular weight is 298 g/mol. The molecule has 0 saturated carbocycles. The Hall–Kier alpha value is -0.750. The second-order valence-corrected chi connectivity index (χ2v) is 7.25. The molecule has 0 amide bonds. The number of aryl methyl sites for hydroxylation is 1. The first-order valence-corrected chi connectivity index (χ1v) is 8.55. The van der Waals surface area contributed by atoms with Crippen LogP contribution in [-0.4, -0.2) is 37.8 Å². The maximum Gasteiger partial charge on any atom is 0.339 e. The maximum absolute atomic E-state index is 11.2. The summed E-state index contributed by atoms with van der Waals surface area (Å²) >= 11 is 3.81. The average Bonchev–Trinajstić information content (AvgIpc) is 2.39. The minimum Gasteiger partial charge on any atom is -0.478 e. The Morgan fingerprint density at radius 1 is 1.47 bits per heavy atom. The first kappa shape index (κ1) is 14.7. The van der Waals surface area contributed by atoms with Crippen molar-refractivity contribution in [1.82, 2.24) is 9.97 Å². The Labute approximate surface area is 121 Å². The van der Waals surface area contributed by atoms with Crippen molar-refractivity contribution in [2.75, 3.05) is 11.5 Å². The molecule has 6 heteroatoms. The Morgan fingerprint density at radius 2 is 2.21 bits per heavy atom. The van der Waals surface area contributed by atoms with Gasteiger partial charge < -0.3 is 5.11 Å². The van der Waals surface area contributed by atoms with Gasteiger partial charge in [-0.15, -0.1) is 11.8 Å². The van der Waals surface area contributed by atoms with Crippen LogP contribution in [0.25, 0.3) is 0 Å². The largest absolute Gasteiger partial charge is 0.478 e. The van der Waals surface area contributed by atoms with E-state index < -0.39 is 5.97 Å². The number of carboxylic acid groups (broad SMARTS) is 1. The van der Waals surface area contributed by atoms with Crippen LogP contribution in [0.1, 0.15) is 47.4 Å². The molecule has 0 radical (unpaired) electrons. The second-order valence-electron chi connectivity index (χ2n) is 4.51. The highest BCUT2D eigenvalue weighted by molar-refractivity contribution is 8.06. The molecule has 1 aromatic rings. The van der Waals surface area contributed by atoms with Gasteiger partial charge in [-0.05, 0) is 6.42 Å². The third-order valence-electron chi connectivity index (χ3n) is 3.05. The SMILES string of the molecule is CCCc1nc(C2SCCSC2C)ncc1C(=O)O. The summed E-state index contributed by atoms with van der Waals surface area (Å²) in [7, 11) is 0. The van der Waals surface area contributed by atoms with Crippen LogP contribution < -0.4 is 0 Å². The molecule has 2 heterocycles. The topological polar surface area (TPSA) is 63.1 Å². The lowest BCUT2D eigenvalue weighted by Crippen LogP contribution is -2.19. The Kier molecular flexibility index (Phi) is 5.10. The minimum atomic E-state index is -0.936. The van der Waals surface area contributed by atoms with Crippen molar-refractivity contribution in [3.63, 3.8) is 0 Å². The first-order chi connectivity index (χ1) is 9.13. The smallest absolute Gasteiger partial charge is 0.339 e. The van der Waals surface area contributed by atoms with E-state index in [9.17, 15) is 4.79 Å². The number of carboxylic acids is 1. The van der Waals surface area contributed by atoms with Crippen LogP contribution >= 0.6 is 23.5 Å². The number of hydrogen-bond acceptors (Lipinski definition) is 5. The third kappa shape index (κ3) is 3.42. The van der Waals surface area contributed by atoms with E-state index in [0.717, 1.165) is 23.8 Å². The molecule has 4 nitrogen and oxygen atoms in total. The van der Waals surface area contributed by atoms with Gasteiger partial charge in [0.05, 0.1) is 16.5 Å². The van der Waals surface area contributed by atoms with Gasteiger partial charge in [0.15, 0.2) is 0 Å². The number of thioether (sulfide) groups is 2. The molecule has 2 atom stereocenters. The number of hydrogen-bond donors (Lipinski definition) is 1. The highest BCUT2D eigenvalue weighted by Gasteiger charge is 2.27. The van der Waals surface area contributed by atoms with Crippen molar-refractivity contribution in [1.29, 1.82) is 0 Å². The lowest BCUT2D eigenvalue weighted by Gasteiger charge is -2.26. The fourth-order valence-corrected chi connectivity index (χ4v) is 4.79. The van der Waals surface area contributed by atoms with E-state index in [4.69, 9.17) is 5.11 Å². The van der Waals surface area contributed by atoms with Gasteiger partial charge in [-0.2, -0.15) is 11.8 Å². The summed E-state index contributed by atoms with van der Waals surface area (Å²) in [6.45, 7) is 4.22. The van der Waals surface area contributed by atoms with E-state index >= 15 is 0 Å². The summed E-state index contributed by atoms with van der Waals surface area (Å²) in [5.41, 5.74) is 0.912. The summed E-state index contributed by atoms with van der Waals surface area (Å²) in [6.07, 6.45) is 3.05. The molecule has 0 aromatic carbocycles. The summed E-state index contributed by atoms with van der Waals surface area (Å²) in [6, 6.07) is 0. The molecule has 0 spiro atoms. The summed E-state index contributed by atoms with van der Waals surface area (Å²) in [5, 5.41) is 9.91. The molecular weight excluding hydrogens is 280 g/mol. The highest BCUT2D eigenvalue weighted by Crippen LogP contribution is 2.41. The van der Waals surface area contributed by atoms with Gasteiger partial charge in [0.2, 0.25) is 0 Å². The van der Waals surface area contributed by atoms with E-state index in [1.807, 2.05) is 30.4 Å². The zero-order valence-corrected chi connectivity index (χ0v) is 12.8. The van der Waals surface area contributed by atoms with Crippen molar-refractivity contribution in [3.8, 4) is 0 Å². The van der Waals surface area contributed by atoms with E-state index in [1.165, 1.54) is 6.20 Å². The molecule has 1 aromatic heterocycles. The van der Waals surface area contributed by atoms with E-state index in [0.29, 0.717) is 17.4 Å². The molecule has 2 unspecified atom stereocenters. The van der Waals surface area contributed by atoms with Gasteiger partial charge in [-0.25, -0.2) is 14.8 Å². The lowest BCUT2D eigenvalue weighted by atomic mass is 10.1. The molecule has 1 fully saturated rings. The normalized spacial score (nSPS) is 23.3. The van der Waals surface area contributed by atoms with Crippen LogP contribution in [0.3, 0.4) is 0 Å². The molecule has 1 saturated heterocycles. The second kappa shape index (κ2) is 6.61. The van der Waals surface area contributed by atoms with Crippen LogP contribution in [0.4, 0.5) is 0 Å². The number of rotatable bonds is 4.